The van der Waals surface area contributed by atoms with Gasteiger partial charge in [0.15, 0.2) is 5.50 Å². The number of para-hydroxylation sites is 5. The molecule has 1 aromatic heterocycles. The normalized spacial score (nSPS) is 14.1. The van der Waals surface area contributed by atoms with Gasteiger partial charge < -0.3 is 24.6 Å². The lowest BCUT2D eigenvalue weighted by molar-refractivity contribution is 0.440. The molecule has 0 saturated carbocycles. The van der Waals surface area contributed by atoms with Crippen molar-refractivity contribution in [2.24, 2.45) is 0 Å². The Labute approximate surface area is 308 Å². The number of aromatic nitrogens is 1. The Morgan fingerprint density at radius 3 is 1.63 bits per heavy atom. The third-order valence-electron chi connectivity index (χ3n) is 9.50. The fourth-order valence-electron chi connectivity index (χ4n) is 7.14. The van der Waals surface area contributed by atoms with Crippen LogP contribution in [0.5, 0.6) is 0 Å². The topological polar surface area (TPSA) is 26.7 Å². The highest BCUT2D eigenvalue weighted by molar-refractivity contribution is 8.04. The molecule has 0 spiro atoms. The lowest BCUT2D eigenvalue weighted by Gasteiger charge is -2.35. The number of thioether (sulfide) groups is 1. The molecule has 9 rings (SSSR count). The van der Waals surface area contributed by atoms with Crippen LogP contribution in [0.25, 0.3) is 27.5 Å². The molecule has 0 bridgehead atoms. The number of nitrogens with zero attached hydrogens (tertiary/aromatic N) is 4. The molecular formula is C46H37N5S. The first-order chi connectivity index (χ1) is 25.7. The molecular weight excluding hydrogens is 655 g/mol. The number of anilines is 6. The van der Waals surface area contributed by atoms with E-state index in [1.165, 1.54) is 21.8 Å². The van der Waals surface area contributed by atoms with Gasteiger partial charge in [-0.1, -0.05) is 103 Å². The smallest absolute Gasteiger partial charge is 0.160 e. The number of hydrogen-bond acceptors (Lipinski definition) is 5. The van der Waals surface area contributed by atoms with E-state index >= 15 is 0 Å². The average molecular weight is 692 g/mol. The van der Waals surface area contributed by atoms with Crippen molar-refractivity contribution in [2.45, 2.75) is 5.50 Å². The summed E-state index contributed by atoms with van der Waals surface area (Å²) in [6.07, 6.45) is 2.27. The molecule has 1 N–H and O–H groups in total. The van der Waals surface area contributed by atoms with Crippen LogP contribution in [-0.2, 0) is 0 Å². The minimum absolute atomic E-state index is 0.0393. The fraction of sp³-hybridized carbons (Fsp3) is 0.0435. The summed E-state index contributed by atoms with van der Waals surface area (Å²) in [5.74, 6) is 0. The maximum atomic E-state index is 3.62. The average Bonchev–Trinajstić information content (AvgIpc) is 3.73. The minimum Gasteiger partial charge on any atom is -0.356 e. The van der Waals surface area contributed by atoms with E-state index < -0.39 is 0 Å². The predicted molar refractivity (Wildman–Crippen MR) is 221 cm³/mol. The first-order valence-electron chi connectivity index (χ1n) is 17.5. The van der Waals surface area contributed by atoms with Gasteiger partial charge in [0.2, 0.25) is 0 Å². The van der Waals surface area contributed by atoms with Crippen molar-refractivity contribution in [1.29, 1.82) is 0 Å². The molecule has 1 aliphatic rings. The summed E-state index contributed by atoms with van der Waals surface area (Å²) in [4.78, 5) is 7.13. The SMILES string of the molecule is CN1C=C(N(c2ccccc2)c2ccccc2)SC1N(c1ccccc1)c1ccc2c(c1)c1cc(Nc3ccccc3)ccc1n2-c1ccccc1. The monoisotopic (exact) mass is 691 g/mol. The van der Waals surface area contributed by atoms with Crippen molar-refractivity contribution < 1.29 is 0 Å². The second kappa shape index (κ2) is 13.7. The molecule has 0 saturated heterocycles. The van der Waals surface area contributed by atoms with E-state index in [0.717, 1.165) is 44.8 Å². The third-order valence-corrected chi connectivity index (χ3v) is 10.8. The molecule has 0 aliphatic carbocycles. The number of rotatable bonds is 9. The second-order valence-corrected chi connectivity index (χ2v) is 14.0. The zero-order chi connectivity index (χ0) is 34.9. The lowest BCUT2D eigenvalue weighted by atomic mass is 10.1. The molecule has 1 unspecified atom stereocenters. The summed E-state index contributed by atoms with van der Waals surface area (Å²) in [6, 6.07) is 66.6. The number of nitrogens with one attached hydrogen (secondary N) is 1. The molecule has 5 nitrogen and oxygen atoms in total. The van der Waals surface area contributed by atoms with Crippen LogP contribution < -0.4 is 15.1 Å². The molecule has 252 valence electrons. The van der Waals surface area contributed by atoms with Gasteiger partial charge in [0.25, 0.3) is 0 Å². The molecule has 8 aromatic rings. The maximum Gasteiger partial charge on any atom is 0.160 e. The molecule has 6 heteroatoms. The van der Waals surface area contributed by atoms with Crippen LogP contribution in [0.15, 0.2) is 199 Å². The molecule has 0 radical (unpaired) electrons. The van der Waals surface area contributed by atoms with Gasteiger partial charge in [-0.05, 0) is 97.1 Å². The first-order valence-corrected chi connectivity index (χ1v) is 18.4. The summed E-state index contributed by atoms with van der Waals surface area (Å²) in [7, 11) is 2.18. The number of hydrogen-bond donors (Lipinski definition) is 1. The Morgan fingerprint density at radius 1 is 0.500 bits per heavy atom. The van der Waals surface area contributed by atoms with Crippen molar-refractivity contribution in [3.63, 3.8) is 0 Å². The van der Waals surface area contributed by atoms with Gasteiger partial charge in [-0.2, -0.15) is 0 Å². The minimum atomic E-state index is -0.0393. The van der Waals surface area contributed by atoms with Gasteiger partial charge in [0.05, 0.1) is 16.1 Å². The molecule has 1 aliphatic heterocycles. The highest BCUT2D eigenvalue weighted by atomic mass is 32.2. The zero-order valence-corrected chi connectivity index (χ0v) is 29.6. The molecule has 52 heavy (non-hydrogen) atoms. The summed E-state index contributed by atoms with van der Waals surface area (Å²) in [5, 5.41) is 7.17. The molecule has 0 fully saturated rings. The quantitative estimate of drug-likeness (QED) is 0.163. The summed E-state index contributed by atoms with van der Waals surface area (Å²) in [5.41, 5.74) is 10.1. The van der Waals surface area contributed by atoms with Gasteiger partial charge in [-0.25, -0.2) is 0 Å². The van der Waals surface area contributed by atoms with Crippen LogP contribution in [-0.4, -0.2) is 22.0 Å². The van der Waals surface area contributed by atoms with Crippen molar-refractivity contribution >= 4 is 67.7 Å². The summed E-state index contributed by atoms with van der Waals surface area (Å²) >= 11 is 1.85. The maximum absolute atomic E-state index is 3.62. The van der Waals surface area contributed by atoms with Crippen molar-refractivity contribution in [3.05, 3.63) is 199 Å². The van der Waals surface area contributed by atoms with Gasteiger partial charge in [0.1, 0.15) is 0 Å². The Kier molecular flexibility index (Phi) is 8.35. The van der Waals surface area contributed by atoms with Crippen LogP contribution in [0.1, 0.15) is 0 Å². The van der Waals surface area contributed by atoms with E-state index in [2.05, 4.69) is 220 Å². The van der Waals surface area contributed by atoms with E-state index in [1.807, 2.05) is 17.8 Å². The molecule has 7 aromatic carbocycles. The van der Waals surface area contributed by atoms with Crippen molar-refractivity contribution in [2.75, 3.05) is 22.2 Å². The van der Waals surface area contributed by atoms with Crippen molar-refractivity contribution in [1.82, 2.24) is 9.47 Å². The zero-order valence-electron chi connectivity index (χ0n) is 28.7. The predicted octanol–water partition coefficient (Wildman–Crippen LogP) is 12.3. The van der Waals surface area contributed by atoms with Gasteiger partial charge in [0, 0.05) is 63.8 Å². The molecule has 0 amide bonds. The van der Waals surface area contributed by atoms with Gasteiger partial charge in [-0.3, -0.25) is 0 Å². The van der Waals surface area contributed by atoms with Crippen LogP contribution in [0, 0.1) is 0 Å². The third kappa shape index (κ3) is 5.93. The van der Waals surface area contributed by atoms with Gasteiger partial charge >= 0.3 is 0 Å². The lowest BCUT2D eigenvalue weighted by Crippen LogP contribution is -2.37. The summed E-state index contributed by atoms with van der Waals surface area (Å²) in [6.45, 7) is 0. The highest BCUT2D eigenvalue weighted by Crippen LogP contribution is 2.46. The van der Waals surface area contributed by atoms with Crippen LogP contribution in [0.3, 0.4) is 0 Å². The standard InChI is InChI=1S/C46H37N5S/c1-48-33-45(49(36-19-9-3-10-20-36)37-21-11-4-12-22-37)52-46(48)50(38-23-13-5-14-24-38)40-28-30-44-42(32-40)41-31-35(47-34-17-7-2-8-18-34)27-29-43(41)51(44)39-25-15-6-16-26-39/h2-33,46-47H,1H3. The second-order valence-electron chi connectivity index (χ2n) is 12.9. The molecule has 1 atom stereocenters. The Balaban J connectivity index is 1.17. The number of fused-ring (bicyclic) bond motifs is 3. The highest BCUT2D eigenvalue weighted by Gasteiger charge is 2.34. The Hall–Kier alpha value is -6.37. The van der Waals surface area contributed by atoms with Crippen LogP contribution in [0.2, 0.25) is 0 Å². The van der Waals surface area contributed by atoms with Gasteiger partial charge in [-0.15, -0.1) is 0 Å². The largest absolute Gasteiger partial charge is 0.356 e. The van der Waals surface area contributed by atoms with E-state index in [1.54, 1.807) is 0 Å². The molecule has 2 heterocycles. The Morgan fingerprint density at radius 2 is 1.02 bits per heavy atom. The first kappa shape index (κ1) is 31.6. The van der Waals surface area contributed by atoms with Crippen LogP contribution >= 0.6 is 11.8 Å². The van der Waals surface area contributed by atoms with Crippen LogP contribution in [0.4, 0.5) is 34.1 Å². The summed E-state index contributed by atoms with van der Waals surface area (Å²) < 4.78 is 2.38. The van der Waals surface area contributed by atoms with E-state index in [-0.39, 0.29) is 5.50 Å². The van der Waals surface area contributed by atoms with E-state index in [0.29, 0.717) is 0 Å². The fourth-order valence-corrected chi connectivity index (χ4v) is 8.47. The van der Waals surface area contributed by atoms with E-state index in [4.69, 9.17) is 0 Å². The van der Waals surface area contributed by atoms with Crippen molar-refractivity contribution in [3.8, 4) is 5.69 Å². The number of benzene rings is 7. The Bertz CT molecular complexity index is 2440. The van der Waals surface area contributed by atoms with E-state index in [9.17, 15) is 0 Å².